The van der Waals surface area contributed by atoms with Crippen LogP contribution in [0.4, 0.5) is 0 Å². The van der Waals surface area contributed by atoms with Crippen LogP contribution in [-0.4, -0.2) is 24.9 Å². The van der Waals surface area contributed by atoms with Gasteiger partial charge in [0.1, 0.15) is 0 Å². The summed E-state index contributed by atoms with van der Waals surface area (Å²) in [5.41, 5.74) is 0. The minimum atomic E-state index is -4.94. The molecule has 1 N–H and O–H groups in total. The SMILES string of the molecule is CCCCOCCO.[Na+].[O-][Cl+3]([O-])([O-])[O-]. The molecule has 0 unspecified atom stereocenters. The second-order valence-electron chi connectivity index (χ2n) is 2.07. The van der Waals surface area contributed by atoms with Gasteiger partial charge in [-0.1, -0.05) is 13.3 Å². The van der Waals surface area contributed by atoms with Gasteiger partial charge in [-0.25, -0.2) is 18.6 Å². The van der Waals surface area contributed by atoms with E-state index in [2.05, 4.69) is 6.92 Å². The first kappa shape index (κ1) is 20.5. The fourth-order valence-electron chi connectivity index (χ4n) is 0.413. The standard InChI is InChI=1S/C6H14O2.ClHO4.Na/c1-2-3-5-8-6-4-7;2-1(3,4)5;/h7H,2-6H2,1H3;(H,2,3,4,5);/q;;+1/p-1. The zero-order chi connectivity index (χ0) is 10.7. The summed E-state index contributed by atoms with van der Waals surface area (Å²) in [5, 5.41) is 8.24. The van der Waals surface area contributed by atoms with Gasteiger partial charge in [-0.15, -0.1) is 10.2 Å². The molecule has 0 bridgehead atoms. The quantitative estimate of drug-likeness (QED) is 0.376. The zero-order valence-electron chi connectivity index (χ0n) is 8.40. The van der Waals surface area contributed by atoms with Gasteiger partial charge in [0, 0.05) is 6.61 Å². The third kappa shape index (κ3) is 51.8. The number of halogens is 1. The average molecular weight is 241 g/mol. The van der Waals surface area contributed by atoms with Crippen molar-refractivity contribution in [3.63, 3.8) is 0 Å². The Labute approximate surface area is 108 Å². The third-order valence-corrected chi connectivity index (χ3v) is 0.878. The third-order valence-electron chi connectivity index (χ3n) is 0.878. The van der Waals surface area contributed by atoms with Gasteiger partial charge in [-0.05, 0) is 6.42 Å². The zero-order valence-corrected chi connectivity index (χ0v) is 11.2. The Morgan fingerprint density at radius 3 is 1.86 bits per heavy atom. The average Bonchev–Trinajstić information content (AvgIpc) is 1.95. The Morgan fingerprint density at radius 2 is 1.57 bits per heavy atom. The molecule has 0 aromatic heterocycles. The largest absolute Gasteiger partial charge is 1.00 e. The van der Waals surface area contributed by atoms with Crippen LogP contribution in [0.2, 0.25) is 0 Å². The van der Waals surface area contributed by atoms with Gasteiger partial charge in [0.15, 0.2) is 0 Å². The number of hydrogen-bond donors (Lipinski definition) is 1. The summed E-state index contributed by atoms with van der Waals surface area (Å²) in [5.74, 6) is 0. The molecule has 14 heavy (non-hydrogen) atoms. The Kier molecular flexibility index (Phi) is 20.5. The topological polar surface area (TPSA) is 122 Å². The molecule has 0 aliphatic heterocycles. The predicted octanol–water partition coefficient (Wildman–Crippen LogP) is -6.96. The summed E-state index contributed by atoms with van der Waals surface area (Å²) in [6, 6.07) is 0. The number of unbranched alkanes of at least 4 members (excludes halogenated alkanes) is 1. The van der Waals surface area contributed by atoms with Gasteiger partial charge >= 0.3 is 29.6 Å². The number of aliphatic hydroxyl groups excluding tert-OH is 1. The molecule has 0 aliphatic carbocycles. The van der Waals surface area contributed by atoms with Crippen molar-refractivity contribution in [1.82, 2.24) is 0 Å². The fraction of sp³-hybridized carbons (Fsp3) is 1.00. The van der Waals surface area contributed by atoms with Gasteiger partial charge < -0.3 is 9.84 Å². The molecular weight excluding hydrogens is 227 g/mol. The summed E-state index contributed by atoms with van der Waals surface area (Å²) >= 11 is 0. The molecule has 0 aromatic rings. The van der Waals surface area contributed by atoms with Crippen LogP contribution in [0.25, 0.3) is 0 Å². The van der Waals surface area contributed by atoms with E-state index in [1.165, 1.54) is 0 Å². The maximum atomic E-state index is 8.49. The molecule has 6 nitrogen and oxygen atoms in total. The van der Waals surface area contributed by atoms with Gasteiger partial charge in [0.2, 0.25) is 0 Å². The summed E-state index contributed by atoms with van der Waals surface area (Å²) in [7, 11) is -4.94. The molecule has 0 spiro atoms. The van der Waals surface area contributed by atoms with Crippen molar-refractivity contribution < 1.29 is 68.3 Å². The fourth-order valence-corrected chi connectivity index (χ4v) is 0.413. The molecule has 0 aromatic carbocycles. The van der Waals surface area contributed by atoms with Crippen LogP contribution in [-0.2, 0) is 4.74 Å². The molecular formula is C6H14ClNaO6. The van der Waals surface area contributed by atoms with Crippen LogP contribution in [0.3, 0.4) is 0 Å². The molecule has 82 valence electrons. The van der Waals surface area contributed by atoms with Crippen molar-refractivity contribution >= 4 is 0 Å². The van der Waals surface area contributed by atoms with Crippen LogP contribution in [0.1, 0.15) is 19.8 Å². The summed E-state index contributed by atoms with van der Waals surface area (Å²) in [6.45, 7) is 3.53. The van der Waals surface area contributed by atoms with E-state index in [1.807, 2.05) is 0 Å². The number of rotatable bonds is 5. The van der Waals surface area contributed by atoms with Crippen molar-refractivity contribution in [2.45, 2.75) is 19.8 Å². The Hall–Kier alpha value is 1.05. The number of hydrogen-bond acceptors (Lipinski definition) is 6. The van der Waals surface area contributed by atoms with Crippen molar-refractivity contribution in [1.29, 1.82) is 0 Å². The second-order valence-corrected chi connectivity index (χ2v) is 2.82. The van der Waals surface area contributed by atoms with Crippen LogP contribution in [0, 0.1) is 10.2 Å². The molecule has 0 amide bonds. The van der Waals surface area contributed by atoms with E-state index in [9.17, 15) is 0 Å². The number of ether oxygens (including phenoxy) is 1. The van der Waals surface area contributed by atoms with E-state index in [0.29, 0.717) is 6.61 Å². The smallest absolute Gasteiger partial charge is 0.394 e. The predicted molar refractivity (Wildman–Crippen MR) is 32.8 cm³/mol. The molecule has 0 radical (unpaired) electrons. The van der Waals surface area contributed by atoms with Crippen molar-refractivity contribution in [2.75, 3.05) is 19.8 Å². The van der Waals surface area contributed by atoms with Gasteiger partial charge in [0.05, 0.1) is 13.2 Å². The summed E-state index contributed by atoms with van der Waals surface area (Å²) in [6.07, 6.45) is 2.26. The molecule has 0 aliphatic rings. The molecule has 0 rings (SSSR count). The van der Waals surface area contributed by atoms with Gasteiger partial charge in [-0.3, -0.25) is 0 Å². The van der Waals surface area contributed by atoms with Crippen LogP contribution < -0.4 is 48.2 Å². The Morgan fingerprint density at radius 1 is 1.14 bits per heavy atom. The van der Waals surface area contributed by atoms with E-state index in [4.69, 9.17) is 28.5 Å². The van der Waals surface area contributed by atoms with Crippen LogP contribution in [0.5, 0.6) is 0 Å². The van der Waals surface area contributed by atoms with E-state index in [-0.39, 0.29) is 36.2 Å². The van der Waals surface area contributed by atoms with E-state index >= 15 is 0 Å². The maximum Gasteiger partial charge on any atom is 1.00 e. The van der Waals surface area contributed by atoms with Crippen molar-refractivity contribution in [2.24, 2.45) is 0 Å². The second kappa shape index (κ2) is 14.1. The minimum Gasteiger partial charge on any atom is -0.394 e. The monoisotopic (exact) mass is 240 g/mol. The van der Waals surface area contributed by atoms with Crippen LogP contribution >= 0.6 is 0 Å². The van der Waals surface area contributed by atoms with E-state index < -0.39 is 10.2 Å². The maximum absolute atomic E-state index is 8.49. The summed E-state index contributed by atoms with van der Waals surface area (Å²) < 4.78 is 38.9. The molecule has 0 saturated heterocycles. The molecule has 8 heteroatoms. The van der Waals surface area contributed by atoms with Gasteiger partial charge in [-0.2, -0.15) is 0 Å². The molecule has 0 saturated carbocycles. The van der Waals surface area contributed by atoms with Crippen molar-refractivity contribution in [3.8, 4) is 0 Å². The molecule has 0 fully saturated rings. The summed E-state index contributed by atoms with van der Waals surface area (Å²) in [4.78, 5) is 0. The Balaban J connectivity index is -0.000000177. The first-order valence-corrected chi connectivity index (χ1v) is 4.95. The van der Waals surface area contributed by atoms with Crippen molar-refractivity contribution in [3.05, 3.63) is 0 Å². The molecule has 0 atom stereocenters. The first-order valence-electron chi connectivity index (χ1n) is 3.72. The molecule has 0 heterocycles. The normalized spacial score (nSPS) is 9.86. The van der Waals surface area contributed by atoms with E-state index in [1.54, 1.807) is 0 Å². The Bertz CT molecular complexity index is 86.8. The first-order chi connectivity index (χ1) is 5.91. The van der Waals surface area contributed by atoms with Gasteiger partial charge in [0.25, 0.3) is 0 Å². The van der Waals surface area contributed by atoms with E-state index in [0.717, 1.165) is 19.4 Å². The minimum absolute atomic E-state index is 0. The number of aliphatic hydroxyl groups is 1. The van der Waals surface area contributed by atoms with Crippen LogP contribution in [0.15, 0.2) is 0 Å².